The predicted octanol–water partition coefficient (Wildman–Crippen LogP) is 7.80. The Morgan fingerprint density at radius 2 is 1.17 bits per heavy atom. The third-order valence-electron chi connectivity index (χ3n) is 8.02. The van der Waals surface area contributed by atoms with E-state index in [1.54, 1.807) is 0 Å². The Labute approximate surface area is 277 Å². The first-order valence-electron chi connectivity index (χ1n) is 15.7. The average Bonchev–Trinajstić information content (AvgIpc) is 3.12. The second-order valence-corrected chi connectivity index (χ2v) is 11.5. The first-order valence-corrected chi connectivity index (χ1v) is 15.7. The Balaban J connectivity index is 1.37. The third-order valence-corrected chi connectivity index (χ3v) is 8.02. The lowest BCUT2D eigenvalue weighted by Gasteiger charge is -2.47. The van der Waals surface area contributed by atoms with Crippen LogP contribution in [0, 0.1) is 0 Å². The van der Waals surface area contributed by atoms with E-state index in [0.29, 0.717) is 12.8 Å². The third kappa shape index (κ3) is 8.84. The lowest BCUT2D eigenvalue weighted by atomic mass is 9.88. The maximum absolute atomic E-state index is 13.7. The molecule has 1 aromatic heterocycles. The van der Waals surface area contributed by atoms with Crippen molar-refractivity contribution in [2.45, 2.75) is 56.5 Å². The molecular weight excluding hydrogens is 619 g/mol. The fourth-order valence-electron chi connectivity index (χ4n) is 5.70. The lowest BCUT2D eigenvalue weighted by Crippen LogP contribution is -2.60. The highest BCUT2D eigenvalue weighted by Gasteiger charge is 2.48. The molecule has 0 radical (unpaired) electrons. The molecule has 5 atom stereocenters. The van der Waals surface area contributed by atoms with Gasteiger partial charge in [0.05, 0.1) is 44.9 Å². The summed E-state index contributed by atoms with van der Waals surface area (Å²) in [5.74, 6) is -0.0618. The molecule has 0 amide bonds. The topological polar surface area (TPSA) is 74.7 Å². The first-order chi connectivity index (χ1) is 23.4. The predicted molar refractivity (Wildman–Crippen MR) is 175 cm³/mol. The van der Waals surface area contributed by atoms with Crippen molar-refractivity contribution < 1.29 is 32.1 Å². The Morgan fingerprint density at radius 1 is 0.646 bits per heavy atom. The van der Waals surface area contributed by atoms with E-state index in [9.17, 15) is 13.2 Å². The van der Waals surface area contributed by atoms with Crippen molar-refractivity contribution >= 4 is 5.82 Å². The molecule has 0 aliphatic carbocycles. The molecule has 4 aromatic carbocycles. The minimum Gasteiger partial charge on any atom is -0.374 e. The monoisotopic (exact) mass is 655 g/mol. The van der Waals surface area contributed by atoms with Gasteiger partial charge in [-0.2, -0.15) is 13.2 Å². The van der Waals surface area contributed by atoms with Gasteiger partial charge in [0.15, 0.2) is 5.69 Å². The number of nitrogens with one attached hydrogen (secondary N) is 1. The molecule has 0 saturated carbocycles. The fourth-order valence-corrected chi connectivity index (χ4v) is 5.70. The van der Waals surface area contributed by atoms with Gasteiger partial charge in [-0.15, -0.1) is 0 Å². The lowest BCUT2D eigenvalue weighted by molar-refractivity contribution is -0.227. The molecule has 10 heteroatoms. The number of rotatable bonds is 13. The van der Waals surface area contributed by atoms with Gasteiger partial charge >= 0.3 is 6.18 Å². The van der Waals surface area contributed by atoms with Crippen LogP contribution in [0.4, 0.5) is 19.0 Å². The van der Waals surface area contributed by atoms with Crippen molar-refractivity contribution in [3.8, 4) is 0 Å². The van der Waals surface area contributed by atoms with Crippen LogP contribution in [0.3, 0.4) is 0 Å². The molecule has 0 unspecified atom stereocenters. The van der Waals surface area contributed by atoms with E-state index < -0.39 is 42.3 Å². The Bertz CT molecular complexity index is 1680. The zero-order chi connectivity index (χ0) is 33.2. The van der Waals surface area contributed by atoms with E-state index in [-0.39, 0.29) is 25.6 Å². The summed E-state index contributed by atoms with van der Waals surface area (Å²) in [5, 5.41) is 3.21. The number of aromatic nitrogens is 2. The standard InChI is InChI=1S/C38H36F3N3O4/c39-38(40,41)32-21-42-22-33(43-32)44-34-35(30-19-11-4-12-20-30)48-31(26-45-23-27-13-5-1-6-14-27)36(46-24-28-15-7-2-8-16-28)37(34)47-25-29-17-9-3-10-18-29/h1-22,31,34-37H,23-26H2,(H,43,44)/t31-,34+,35-,36+,37-/m1/s1. The molecule has 2 heterocycles. The normalized spacial score (nSPS) is 21.1. The summed E-state index contributed by atoms with van der Waals surface area (Å²) in [6.07, 6.45) is -5.40. The molecule has 0 bridgehead atoms. The van der Waals surface area contributed by atoms with E-state index in [1.807, 2.05) is 121 Å². The van der Waals surface area contributed by atoms with Crippen LogP contribution >= 0.6 is 0 Å². The van der Waals surface area contributed by atoms with Gasteiger partial charge in [0, 0.05) is 0 Å². The van der Waals surface area contributed by atoms with Gasteiger partial charge < -0.3 is 24.3 Å². The van der Waals surface area contributed by atoms with Crippen molar-refractivity contribution in [1.82, 2.24) is 9.97 Å². The fraction of sp³-hybridized carbons (Fsp3) is 0.263. The second kappa shape index (κ2) is 16.0. The van der Waals surface area contributed by atoms with Gasteiger partial charge in [0.2, 0.25) is 0 Å². The van der Waals surface area contributed by atoms with Gasteiger partial charge in [0.25, 0.3) is 0 Å². The summed E-state index contributed by atoms with van der Waals surface area (Å²) in [4.78, 5) is 7.70. The van der Waals surface area contributed by atoms with Crippen molar-refractivity contribution in [3.63, 3.8) is 0 Å². The number of hydrogen-bond acceptors (Lipinski definition) is 7. The van der Waals surface area contributed by atoms with Gasteiger partial charge in [-0.05, 0) is 22.3 Å². The highest BCUT2D eigenvalue weighted by atomic mass is 19.4. The number of benzene rings is 4. The summed E-state index contributed by atoms with van der Waals surface area (Å²) in [6, 6.07) is 38.0. The maximum atomic E-state index is 13.7. The minimum absolute atomic E-state index is 0.0618. The molecule has 7 nitrogen and oxygen atoms in total. The van der Waals surface area contributed by atoms with Crippen LogP contribution in [0.25, 0.3) is 0 Å². The number of nitrogens with zero attached hydrogens (tertiary/aromatic N) is 2. The highest BCUT2D eigenvalue weighted by molar-refractivity contribution is 5.37. The number of anilines is 1. The van der Waals surface area contributed by atoms with Crippen molar-refractivity contribution in [1.29, 1.82) is 0 Å². The van der Waals surface area contributed by atoms with Crippen molar-refractivity contribution in [2.24, 2.45) is 0 Å². The summed E-state index contributed by atoms with van der Waals surface area (Å²) in [6.45, 7) is 1.02. The molecule has 1 aliphatic heterocycles. The van der Waals surface area contributed by atoms with E-state index in [4.69, 9.17) is 18.9 Å². The maximum Gasteiger partial charge on any atom is 0.434 e. The van der Waals surface area contributed by atoms with Gasteiger partial charge in [-0.25, -0.2) is 4.98 Å². The van der Waals surface area contributed by atoms with Gasteiger partial charge in [-0.3, -0.25) is 4.98 Å². The quantitative estimate of drug-likeness (QED) is 0.139. The van der Waals surface area contributed by atoms with Crippen LogP contribution in [0.5, 0.6) is 0 Å². The Morgan fingerprint density at radius 3 is 1.73 bits per heavy atom. The highest BCUT2D eigenvalue weighted by Crippen LogP contribution is 2.38. The van der Waals surface area contributed by atoms with E-state index in [0.717, 1.165) is 22.3 Å². The van der Waals surface area contributed by atoms with Gasteiger partial charge in [0.1, 0.15) is 30.2 Å². The zero-order valence-corrected chi connectivity index (χ0v) is 26.1. The summed E-state index contributed by atoms with van der Waals surface area (Å²) in [5.41, 5.74) is 2.58. The first kappa shape index (κ1) is 33.3. The van der Waals surface area contributed by atoms with Crippen molar-refractivity contribution in [3.05, 3.63) is 162 Å². The largest absolute Gasteiger partial charge is 0.434 e. The molecule has 1 fully saturated rings. The van der Waals surface area contributed by atoms with Crippen LogP contribution in [0.1, 0.15) is 34.1 Å². The molecule has 1 aliphatic rings. The smallest absolute Gasteiger partial charge is 0.374 e. The van der Waals surface area contributed by atoms with Gasteiger partial charge in [-0.1, -0.05) is 121 Å². The summed E-state index contributed by atoms with van der Waals surface area (Å²) >= 11 is 0. The number of hydrogen-bond donors (Lipinski definition) is 1. The minimum atomic E-state index is -4.67. The van der Waals surface area contributed by atoms with Crippen LogP contribution < -0.4 is 5.32 Å². The SMILES string of the molecule is FC(F)(F)c1cncc(N[C@@H]2[C@@H](OCc3ccccc3)[C@@H](OCc3ccccc3)[C@@H](COCc3ccccc3)O[C@@H]2c2ccccc2)n1. The van der Waals surface area contributed by atoms with E-state index in [1.165, 1.54) is 6.20 Å². The number of halogens is 3. The zero-order valence-electron chi connectivity index (χ0n) is 26.1. The molecule has 5 aromatic rings. The molecule has 6 rings (SSSR count). The average molecular weight is 656 g/mol. The summed E-state index contributed by atoms with van der Waals surface area (Å²) < 4.78 is 67.4. The molecule has 248 valence electrons. The van der Waals surface area contributed by atoms with Crippen LogP contribution in [-0.4, -0.2) is 40.9 Å². The Hall–Kier alpha value is -4.61. The van der Waals surface area contributed by atoms with Crippen LogP contribution in [0.15, 0.2) is 134 Å². The van der Waals surface area contributed by atoms with Crippen LogP contribution in [-0.2, 0) is 44.9 Å². The summed E-state index contributed by atoms with van der Waals surface area (Å²) in [7, 11) is 0. The number of ether oxygens (including phenoxy) is 4. The molecule has 1 N–H and O–H groups in total. The second-order valence-electron chi connectivity index (χ2n) is 11.5. The number of alkyl halides is 3. The Kier molecular flexibility index (Phi) is 11.1. The van der Waals surface area contributed by atoms with E-state index in [2.05, 4.69) is 15.3 Å². The molecule has 48 heavy (non-hydrogen) atoms. The van der Waals surface area contributed by atoms with E-state index >= 15 is 0 Å². The molecular formula is C38H36F3N3O4. The van der Waals surface area contributed by atoms with Crippen molar-refractivity contribution in [2.75, 3.05) is 11.9 Å². The molecule has 0 spiro atoms. The molecule has 1 saturated heterocycles. The van der Waals surface area contributed by atoms with Crippen LogP contribution in [0.2, 0.25) is 0 Å².